The summed E-state index contributed by atoms with van der Waals surface area (Å²) in [6, 6.07) is 16.3. The second kappa shape index (κ2) is 6.14. The highest BCUT2D eigenvalue weighted by atomic mass is 16.5. The summed E-state index contributed by atoms with van der Waals surface area (Å²) < 4.78 is 11.1. The van der Waals surface area contributed by atoms with Gasteiger partial charge in [-0.2, -0.15) is 0 Å². The first-order valence-corrected chi connectivity index (χ1v) is 8.04. The molecule has 1 saturated heterocycles. The van der Waals surface area contributed by atoms with Gasteiger partial charge < -0.3 is 9.47 Å². The maximum Gasteiger partial charge on any atom is 0.313 e. The Kier molecular flexibility index (Phi) is 3.85. The monoisotopic (exact) mass is 309 g/mol. The van der Waals surface area contributed by atoms with Gasteiger partial charge in [-0.05, 0) is 5.56 Å². The molecule has 0 radical (unpaired) electrons. The smallest absolute Gasteiger partial charge is 0.313 e. The molecule has 0 aliphatic carbocycles. The molecule has 2 aromatic carbocycles. The summed E-state index contributed by atoms with van der Waals surface area (Å²) in [6.07, 6.45) is 0.408. The average Bonchev–Trinajstić information content (AvgIpc) is 2.62. The largest absolute Gasteiger partial charge is 0.425 e. The second-order valence-electron chi connectivity index (χ2n) is 5.93. The van der Waals surface area contributed by atoms with E-state index in [1.807, 2.05) is 42.5 Å². The Labute approximate surface area is 135 Å². The number of hydrogen-bond donors (Lipinski definition) is 0. The normalized spacial score (nSPS) is 21.6. The minimum Gasteiger partial charge on any atom is -0.425 e. The Morgan fingerprint density at radius 2 is 1.74 bits per heavy atom. The van der Waals surface area contributed by atoms with Crippen LogP contribution in [0, 0.1) is 0 Å². The number of hydrogen-bond acceptors (Lipinski definition) is 4. The molecular weight excluding hydrogens is 290 g/mol. The number of nitrogens with zero attached hydrogens (tertiary/aromatic N) is 1. The highest BCUT2D eigenvalue weighted by molar-refractivity contribution is 5.82. The standard InChI is InChI=1S/C19H19NO3/c21-18-13-17(20-9-11-22-12-10-20)16-8-4-7-15(19(16)23-18)14-5-2-1-3-6-14/h1-8,17H,9-13H2. The molecule has 0 aromatic heterocycles. The fourth-order valence-electron chi connectivity index (χ4n) is 3.41. The van der Waals surface area contributed by atoms with Crippen LogP contribution in [-0.2, 0) is 9.53 Å². The minimum atomic E-state index is -0.155. The predicted octanol–water partition coefficient (Wildman–Crippen LogP) is 3.04. The van der Waals surface area contributed by atoms with Crippen molar-refractivity contribution in [1.29, 1.82) is 0 Å². The van der Waals surface area contributed by atoms with Crippen LogP contribution in [0.15, 0.2) is 48.5 Å². The van der Waals surface area contributed by atoms with Crippen LogP contribution in [0.4, 0.5) is 0 Å². The lowest BCUT2D eigenvalue weighted by molar-refractivity contribution is -0.138. The second-order valence-corrected chi connectivity index (χ2v) is 5.93. The third-order valence-corrected chi connectivity index (χ3v) is 4.55. The van der Waals surface area contributed by atoms with Crippen LogP contribution in [0.2, 0.25) is 0 Å². The van der Waals surface area contributed by atoms with E-state index in [-0.39, 0.29) is 12.0 Å². The van der Waals surface area contributed by atoms with Crippen LogP contribution < -0.4 is 4.74 Å². The van der Waals surface area contributed by atoms with Crippen molar-refractivity contribution in [3.05, 3.63) is 54.1 Å². The van der Waals surface area contributed by atoms with E-state index in [4.69, 9.17) is 9.47 Å². The van der Waals surface area contributed by atoms with Crippen molar-refractivity contribution in [3.63, 3.8) is 0 Å². The average molecular weight is 309 g/mol. The molecule has 0 N–H and O–H groups in total. The molecule has 2 aromatic rings. The number of benzene rings is 2. The first kappa shape index (κ1) is 14.4. The van der Waals surface area contributed by atoms with E-state index in [0.717, 1.165) is 43.0 Å². The summed E-state index contributed by atoms with van der Waals surface area (Å²) in [5.74, 6) is 0.559. The van der Waals surface area contributed by atoms with Crippen molar-refractivity contribution >= 4 is 5.97 Å². The molecule has 0 amide bonds. The summed E-state index contributed by atoms with van der Waals surface area (Å²) in [7, 11) is 0. The minimum absolute atomic E-state index is 0.0822. The summed E-state index contributed by atoms with van der Waals surface area (Å²) in [5.41, 5.74) is 3.15. The van der Waals surface area contributed by atoms with Gasteiger partial charge in [0.05, 0.1) is 19.6 Å². The summed E-state index contributed by atoms with van der Waals surface area (Å²) in [5, 5.41) is 0. The zero-order valence-corrected chi connectivity index (χ0v) is 12.9. The van der Waals surface area contributed by atoms with Gasteiger partial charge in [0.2, 0.25) is 0 Å². The number of esters is 1. The quantitative estimate of drug-likeness (QED) is 0.631. The SMILES string of the molecule is O=C1CC(N2CCOCC2)c2cccc(-c3ccccc3)c2O1. The van der Waals surface area contributed by atoms with E-state index >= 15 is 0 Å². The number of ether oxygens (including phenoxy) is 2. The Bertz CT molecular complexity index is 708. The molecule has 118 valence electrons. The van der Waals surface area contributed by atoms with Crippen molar-refractivity contribution in [2.75, 3.05) is 26.3 Å². The number of morpholine rings is 1. The molecule has 0 saturated carbocycles. The molecule has 4 nitrogen and oxygen atoms in total. The van der Waals surface area contributed by atoms with Gasteiger partial charge in [-0.25, -0.2) is 0 Å². The number of fused-ring (bicyclic) bond motifs is 1. The fraction of sp³-hybridized carbons (Fsp3) is 0.316. The lowest BCUT2D eigenvalue weighted by Crippen LogP contribution is -2.41. The van der Waals surface area contributed by atoms with Crippen molar-refractivity contribution in [3.8, 4) is 16.9 Å². The van der Waals surface area contributed by atoms with E-state index in [2.05, 4.69) is 11.0 Å². The van der Waals surface area contributed by atoms with Gasteiger partial charge in [0, 0.05) is 30.3 Å². The Morgan fingerprint density at radius 1 is 0.957 bits per heavy atom. The Balaban J connectivity index is 1.78. The first-order valence-electron chi connectivity index (χ1n) is 8.04. The zero-order chi connectivity index (χ0) is 15.6. The molecule has 4 heteroatoms. The first-order chi connectivity index (χ1) is 11.3. The molecule has 0 spiro atoms. The third-order valence-electron chi connectivity index (χ3n) is 4.55. The highest BCUT2D eigenvalue weighted by Crippen LogP contribution is 2.42. The van der Waals surface area contributed by atoms with E-state index < -0.39 is 0 Å². The van der Waals surface area contributed by atoms with Crippen molar-refractivity contribution < 1.29 is 14.3 Å². The van der Waals surface area contributed by atoms with E-state index in [9.17, 15) is 4.79 Å². The predicted molar refractivity (Wildman–Crippen MR) is 87.3 cm³/mol. The molecule has 1 unspecified atom stereocenters. The molecule has 1 fully saturated rings. The Morgan fingerprint density at radius 3 is 2.52 bits per heavy atom. The highest BCUT2D eigenvalue weighted by Gasteiger charge is 2.33. The number of para-hydroxylation sites is 1. The topological polar surface area (TPSA) is 38.8 Å². The van der Waals surface area contributed by atoms with E-state index in [1.54, 1.807) is 0 Å². The summed E-state index contributed by atoms with van der Waals surface area (Å²) in [6.45, 7) is 3.15. The van der Waals surface area contributed by atoms with Crippen LogP contribution >= 0.6 is 0 Å². The van der Waals surface area contributed by atoms with Gasteiger partial charge in [-0.3, -0.25) is 9.69 Å². The van der Waals surface area contributed by atoms with Crippen LogP contribution in [0.5, 0.6) is 5.75 Å². The number of carbonyl (C=O) groups excluding carboxylic acids is 1. The molecule has 0 bridgehead atoms. The molecule has 2 aliphatic rings. The van der Waals surface area contributed by atoms with Crippen molar-refractivity contribution in [2.24, 2.45) is 0 Å². The molecule has 2 aliphatic heterocycles. The number of carbonyl (C=O) groups is 1. The zero-order valence-electron chi connectivity index (χ0n) is 12.9. The van der Waals surface area contributed by atoms with Gasteiger partial charge in [0.1, 0.15) is 5.75 Å². The Hall–Kier alpha value is -2.17. The van der Waals surface area contributed by atoms with Crippen molar-refractivity contribution in [1.82, 2.24) is 4.90 Å². The summed E-state index contributed by atoms with van der Waals surface area (Å²) in [4.78, 5) is 14.5. The van der Waals surface area contributed by atoms with Gasteiger partial charge >= 0.3 is 5.97 Å². The van der Waals surface area contributed by atoms with Gasteiger partial charge in [-0.15, -0.1) is 0 Å². The van der Waals surface area contributed by atoms with Gasteiger partial charge in [-0.1, -0.05) is 48.5 Å². The van der Waals surface area contributed by atoms with E-state index in [1.165, 1.54) is 0 Å². The van der Waals surface area contributed by atoms with Gasteiger partial charge in [0.15, 0.2) is 0 Å². The maximum absolute atomic E-state index is 12.2. The van der Waals surface area contributed by atoms with Crippen LogP contribution in [0.25, 0.3) is 11.1 Å². The summed E-state index contributed by atoms with van der Waals surface area (Å²) >= 11 is 0. The lowest BCUT2D eigenvalue weighted by Gasteiger charge is -2.37. The third kappa shape index (κ3) is 2.76. The molecular formula is C19H19NO3. The maximum atomic E-state index is 12.2. The van der Waals surface area contributed by atoms with Crippen LogP contribution in [0.1, 0.15) is 18.0 Å². The van der Waals surface area contributed by atoms with E-state index in [0.29, 0.717) is 12.2 Å². The number of rotatable bonds is 2. The van der Waals surface area contributed by atoms with Gasteiger partial charge in [0.25, 0.3) is 0 Å². The van der Waals surface area contributed by atoms with Crippen LogP contribution in [0.3, 0.4) is 0 Å². The molecule has 2 heterocycles. The molecule has 1 atom stereocenters. The molecule has 23 heavy (non-hydrogen) atoms. The molecule has 4 rings (SSSR count). The lowest BCUT2D eigenvalue weighted by atomic mass is 9.93. The van der Waals surface area contributed by atoms with Crippen molar-refractivity contribution in [2.45, 2.75) is 12.5 Å². The van der Waals surface area contributed by atoms with Crippen LogP contribution in [-0.4, -0.2) is 37.2 Å². The fourth-order valence-corrected chi connectivity index (χ4v) is 3.41.